The van der Waals surface area contributed by atoms with Gasteiger partial charge in [-0.25, -0.2) is 0 Å². The molecule has 0 heterocycles. The molecule has 0 aliphatic rings. The molecule has 2 atom stereocenters. The molecule has 0 radical (unpaired) electrons. The number of rotatable bonds is 6. The van der Waals surface area contributed by atoms with Crippen LogP contribution in [0.15, 0.2) is 0 Å². The summed E-state index contributed by atoms with van der Waals surface area (Å²) in [6, 6.07) is 0. The van der Waals surface area contributed by atoms with Crippen LogP contribution in [0.3, 0.4) is 0 Å². The average molecular weight is 159 g/mol. The van der Waals surface area contributed by atoms with E-state index in [4.69, 9.17) is 0 Å². The zero-order chi connectivity index (χ0) is 8.69. The molecule has 0 aliphatic carbocycles. The fourth-order valence-electron chi connectivity index (χ4n) is 0.785. The largest absolute Gasteiger partial charge is 0.392 e. The topological polar surface area (TPSA) is 32.3 Å². The van der Waals surface area contributed by atoms with E-state index < -0.39 is 0 Å². The van der Waals surface area contributed by atoms with Crippen LogP contribution in [0.2, 0.25) is 0 Å². The Hall–Kier alpha value is -0.0800. The number of hydrogen-bond donors (Lipinski definition) is 2. The highest BCUT2D eigenvalue weighted by Gasteiger charge is 2.01. The Morgan fingerprint density at radius 3 is 2.27 bits per heavy atom. The van der Waals surface area contributed by atoms with Crippen molar-refractivity contribution in [2.75, 3.05) is 13.1 Å². The van der Waals surface area contributed by atoms with Crippen molar-refractivity contribution in [2.45, 2.75) is 39.7 Å². The van der Waals surface area contributed by atoms with Crippen molar-refractivity contribution in [3.63, 3.8) is 0 Å². The van der Waals surface area contributed by atoms with E-state index in [1.807, 2.05) is 6.92 Å². The predicted octanol–water partition coefficient (Wildman–Crippen LogP) is 1.39. The second-order valence-corrected chi connectivity index (χ2v) is 3.23. The molecule has 0 fully saturated rings. The van der Waals surface area contributed by atoms with E-state index in [9.17, 15) is 5.11 Å². The zero-order valence-corrected chi connectivity index (χ0v) is 7.93. The normalized spacial score (nSPS) is 16.4. The van der Waals surface area contributed by atoms with Crippen LogP contribution in [0.25, 0.3) is 0 Å². The molecule has 2 heteroatoms. The van der Waals surface area contributed by atoms with Gasteiger partial charge in [-0.15, -0.1) is 0 Å². The highest BCUT2D eigenvalue weighted by Crippen LogP contribution is 1.97. The number of aliphatic hydroxyl groups is 1. The van der Waals surface area contributed by atoms with Gasteiger partial charge in [-0.2, -0.15) is 0 Å². The third kappa shape index (κ3) is 6.32. The fraction of sp³-hybridized carbons (Fsp3) is 1.00. The molecule has 0 bridgehead atoms. The Kier molecular flexibility index (Phi) is 6.57. The first-order valence-electron chi connectivity index (χ1n) is 4.59. The molecule has 2 N–H and O–H groups in total. The molecule has 0 saturated carbocycles. The lowest BCUT2D eigenvalue weighted by Crippen LogP contribution is -2.29. The first-order valence-corrected chi connectivity index (χ1v) is 4.59. The number of nitrogens with one attached hydrogen (secondary N) is 1. The van der Waals surface area contributed by atoms with Gasteiger partial charge in [0.25, 0.3) is 0 Å². The molecule has 2 nitrogen and oxygen atoms in total. The summed E-state index contributed by atoms with van der Waals surface area (Å²) >= 11 is 0. The van der Waals surface area contributed by atoms with E-state index in [0.29, 0.717) is 0 Å². The summed E-state index contributed by atoms with van der Waals surface area (Å²) in [7, 11) is 0. The average Bonchev–Trinajstić information content (AvgIpc) is 2.04. The van der Waals surface area contributed by atoms with Crippen LogP contribution >= 0.6 is 0 Å². The van der Waals surface area contributed by atoms with Crippen LogP contribution in [0.5, 0.6) is 0 Å². The molecule has 0 spiro atoms. The number of aliphatic hydroxyl groups excluding tert-OH is 1. The third-order valence-corrected chi connectivity index (χ3v) is 2.04. The van der Waals surface area contributed by atoms with Crippen molar-refractivity contribution >= 4 is 0 Å². The van der Waals surface area contributed by atoms with Gasteiger partial charge >= 0.3 is 0 Å². The standard InChI is InChI=1S/C9H21NO/c1-4-8(3)6-10-7-9(11)5-2/h8-11H,4-7H2,1-3H3. The van der Waals surface area contributed by atoms with Gasteiger partial charge in [0.1, 0.15) is 0 Å². The summed E-state index contributed by atoms with van der Waals surface area (Å²) < 4.78 is 0. The lowest BCUT2D eigenvalue weighted by molar-refractivity contribution is 0.166. The molecule has 0 aromatic carbocycles. The minimum absolute atomic E-state index is 0.168. The molecule has 68 valence electrons. The van der Waals surface area contributed by atoms with Crippen LogP contribution in [-0.4, -0.2) is 24.3 Å². The van der Waals surface area contributed by atoms with Gasteiger partial charge in [0.05, 0.1) is 6.10 Å². The Morgan fingerprint density at radius 1 is 1.18 bits per heavy atom. The highest BCUT2D eigenvalue weighted by molar-refractivity contribution is 4.59. The molecule has 0 saturated heterocycles. The van der Waals surface area contributed by atoms with Crippen molar-refractivity contribution in [1.82, 2.24) is 5.32 Å². The Labute approximate surface area is 70.0 Å². The van der Waals surface area contributed by atoms with Gasteiger partial charge in [0.2, 0.25) is 0 Å². The fourth-order valence-corrected chi connectivity index (χ4v) is 0.785. The first-order chi connectivity index (χ1) is 5.20. The minimum Gasteiger partial charge on any atom is -0.392 e. The molecule has 0 aromatic rings. The highest BCUT2D eigenvalue weighted by atomic mass is 16.3. The first kappa shape index (κ1) is 10.9. The van der Waals surface area contributed by atoms with Crippen LogP contribution in [0, 0.1) is 5.92 Å². The Morgan fingerprint density at radius 2 is 1.82 bits per heavy atom. The predicted molar refractivity (Wildman–Crippen MR) is 48.6 cm³/mol. The molecule has 2 unspecified atom stereocenters. The van der Waals surface area contributed by atoms with Gasteiger partial charge < -0.3 is 10.4 Å². The molecule has 0 rings (SSSR count). The summed E-state index contributed by atoms with van der Waals surface area (Å²) in [4.78, 5) is 0. The van der Waals surface area contributed by atoms with Crippen molar-refractivity contribution in [1.29, 1.82) is 0 Å². The van der Waals surface area contributed by atoms with Gasteiger partial charge in [-0.3, -0.25) is 0 Å². The van der Waals surface area contributed by atoms with E-state index in [-0.39, 0.29) is 6.10 Å². The lowest BCUT2D eigenvalue weighted by atomic mass is 10.1. The maximum Gasteiger partial charge on any atom is 0.0662 e. The van der Waals surface area contributed by atoms with Crippen LogP contribution in [0.4, 0.5) is 0 Å². The quantitative estimate of drug-likeness (QED) is 0.614. The minimum atomic E-state index is -0.168. The van der Waals surface area contributed by atoms with Crippen molar-refractivity contribution in [3.05, 3.63) is 0 Å². The molecule has 11 heavy (non-hydrogen) atoms. The van der Waals surface area contributed by atoms with Crippen LogP contribution in [-0.2, 0) is 0 Å². The summed E-state index contributed by atoms with van der Waals surface area (Å²) in [5.74, 6) is 0.721. The van der Waals surface area contributed by atoms with Crippen molar-refractivity contribution in [2.24, 2.45) is 5.92 Å². The maximum atomic E-state index is 9.18. The van der Waals surface area contributed by atoms with Crippen LogP contribution in [0.1, 0.15) is 33.6 Å². The second-order valence-electron chi connectivity index (χ2n) is 3.23. The number of hydrogen-bond acceptors (Lipinski definition) is 2. The van der Waals surface area contributed by atoms with Crippen molar-refractivity contribution < 1.29 is 5.11 Å². The molecule has 0 aromatic heterocycles. The monoisotopic (exact) mass is 159 g/mol. The Bertz CT molecular complexity index is 75.6. The molecular formula is C9H21NO. The van der Waals surface area contributed by atoms with Gasteiger partial charge in [-0.05, 0) is 18.9 Å². The maximum absolute atomic E-state index is 9.18. The smallest absolute Gasteiger partial charge is 0.0662 e. The van der Waals surface area contributed by atoms with Gasteiger partial charge in [0, 0.05) is 6.54 Å². The lowest BCUT2D eigenvalue weighted by Gasteiger charge is -2.12. The van der Waals surface area contributed by atoms with E-state index >= 15 is 0 Å². The summed E-state index contributed by atoms with van der Waals surface area (Å²) in [6.07, 6.45) is 1.88. The van der Waals surface area contributed by atoms with Crippen molar-refractivity contribution in [3.8, 4) is 0 Å². The zero-order valence-electron chi connectivity index (χ0n) is 7.93. The molecule has 0 amide bonds. The van der Waals surface area contributed by atoms with Crippen LogP contribution < -0.4 is 5.32 Å². The van der Waals surface area contributed by atoms with E-state index in [2.05, 4.69) is 19.2 Å². The van der Waals surface area contributed by atoms with E-state index in [1.54, 1.807) is 0 Å². The summed E-state index contributed by atoms with van der Waals surface area (Å²) in [6.45, 7) is 8.15. The molecular weight excluding hydrogens is 138 g/mol. The van der Waals surface area contributed by atoms with Gasteiger partial charge in [-0.1, -0.05) is 27.2 Å². The van der Waals surface area contributed by atoms with E-state index in [1.165, 1.54) is 6.42 Å². The summed E-state index contributed by atoms with van der Waals surface area (Å²) in [5.41, 5.74) is 0. The molecule has 0 aliphatic heterocycles. The Balaban J connectivity index is 3.13. The SMILES string of the molecule is CCC(C)CNCC(O)CC. The summed E-state index contributed by atoms with van der Waals surface area (Å²) in [5, 5.41) is 12.4. The second kappa shape index (κ2) is 6.62. The third-order valence-electron chi connectivity index (χ3n) is 2.04. The van der Waals surface area contributed by atoms with E-state index in [0.717, 1.165) is 25.4 Å². The van der Waals surface area contributed by atoms with Gasteiger partial charge in [0.15, 0.2) is 0 Å².